The maximum absolute atomic E-state index is 6.64. The van der Waals surface area contributed by atoms with E-state index in [1.54, 1.807) is 0 Å². The number of rotatable bonds is 5. The van der Waals surface area contributed by atoms with Crippen LogP contribution in [0.25, 0.3) is 99.1 Å². The predicted molar refractivity (Wildman–Crippen MR) is 229 cm³/mol. The molecule has 0 aliphatic heterocycles. The van der Waals surface area contributed by atoms with Gasteiger partial charge in [0.15, 0.2) is 5.58 Å². The molecule has 0 bridgehead atoms. The molecule has 0 saturated heterocycles. The number of furan rings is 2. The third-order valence-electron chi connectivity index (χ3n) is 11.1. The number of hydrogen-bond acceptors (Lipinski definition) is 5. The second-order valence-corrected chi connectivity index (χ2v) is 14.3. The van der Waals surface area contributed by atoms with Crippen LogP contribution < -0.4 is 4.90 Å². The van der Waals surface area contributed by atoms with Gasteiger partial charge in [-0.3, -0.25) is 0 Å². The zero-order valence-corrected chi connectivity index (χ0v) is 29.9. The Morgan fingerprint density at radius 2 is 1.02 bits per heavy atom. The molecule has 0 atom stereocenters. The lowest BCUT2D eigenvalue weighted by molar-refractivity contribution is 0.620. The Morgan fingerprint density at radius 1 is 0.375 bits per heavy atom. The number of nitrogens with zero attached hydrogens (tertiary/aromatic N) is 2. The summed E-state index contributed by atoms with van der Waals surface area (Å²) in [5.74, 6) is 0.573. The van der Waals surface area contributed by atoms with Gasteiger partial charge >= 0.3 is 0 Å². The van der Waals surface area contributed by atoms with Crippen molar-refractivity contribution < 1.29 is 13.3 Å². The lowest BCUT2D eigenvalue weighted by Crippen LogP contribution is -2.10. The first kappa shape index (κ1) is 30.8. The molecule has 3 aromatic heterocycles. The molecule has 262 valence electrons. The Kier molecular flexibility index (Phi) is 6.56. The Labute approximate surface area is 320 Å². The van der Waals surface area contributed by atoms with Crippen molar-refractivity contribution in [3.05, 3.63) is 182 Å². The standard InChI is InChI=1S/C51H30N2O3/c1-2-12-37-31(10-1)11-7-14-38(37)34-23-22-33-29-35(25-24-32(33)28-34)53(43-17-9-21-47-50(43)39-13-3-5-18-44(39)54-47)36-26-27-40-48(30-36)55-46-20-8-15-41(49(40)46)51-52-42-16-4-6-19-45(42)56-51/h1-30H. The van der Waals surface area contributed by atoms with E-state index in [0.717, 1.165) is 83.0 Å². The van der Waals surface area contributed by atoms with E-state index in [0.29, 0.717) is 5.89 Å². The van der Waals surface area contributed by atoms with Crippen LogP contribution in [-0.4, -0.2) is 4.98 Å². The highest BCUT2D eigenvalue weighted by Crippen LogP contribution is 2.46. The number of hydrogen-bond donors (Lipinski definition) is 0. The molecule has 0 unspecified atom stereocenters. The van der Waals surface area contributed by atoms with Crippen LogP contribution in [0, 0.1) is 0 Å². The minimum absolute atomic E-state index is 0.573. The summed E-state index contributed by atoms with van der Waals surface area (Å²) in [6.07, 6.45) is 0. The molecule has 12 aromatic rings. The lowest BCUT2D eigenvalue weighted by Gasteiger charge is -2.26. The van der Waals surface area contributed by atoms with Gasteiger partial charge < -0.3 is 18.2 Å². The Morgan fingerprint density at radius 3 is 1.95 bits per heavy atom. The van der Waals surface area contributed by atoms with E-state index < -0.39 is 0 Å². The van der Waals surface area contributed by atoms with Crippen molar-refractivity contribution in [3.8, 4) is 22.6 Å². The molecular formula is C51H30N2O3. The van der Waals surface area contributed by atoms with Gasteiger partial charge in [-0.25, -0.2) is 4.98 Å². The van der Waals surface area contributed by atoms with Gasteiger partial charge in [-0.2, -0.15) is 0 Å². The van der Waals surface area contributed by atoms with Gasteiger partial charge in [-0.1, -0.05) is 103 Å². The van der Waals surface area contributed by atoms with Crippen LogP contribution in [0.5, 0.6) is 0 Å². The summed E-state index contributed by atoms with van der Waals surface area (Å²) in [5, 5.41) is 8.89. The number of fused-ring (bicyclic) bond motifs is 9. The summed E-state index contributed by atoms with van der Waals surface area (Å²) in [4.78, 5) is 7.14. The van der Waals surface area contributed by atoms with Crippen molar-refractivity contribution in [1.29, 1.82) is 0 Å². The highest BCUT2D eigenvalue weighted by molar-refractivity contribution is 6.15. The maximum Gasteiger partial charge on any atom is 0.228 e. The number of benzene rings is 9. The first-order chi connectivity index (χ1) is 27.7. The van der Waals surface area contributed by atoms with Gasteiger partial charge in [0.1, 0.15) is 27.8 Å². The van der Waals surface area contributed by atoms with E-state index in [-0.39, 0.29) is 0 Å². The fourth-order valence-corrected chi connectivity index (χ4v) is 8.51. The average molecular weight is 719 g/mol. The van der Waals surface area contributed by atoms with Crippen molar-refractivity contribution >= 4 is 93.6 Å². The number of anilines is 3. The number of para-hydroxylation sites is 3. The van der Waals surface area contributed by atoms with E-state index in [4.69, 9.17) is 18.2 Å². The number of oxazole rings is 1. The molecular weight excluding hydrogens is 689 g/mol. The van der Waals surface area contributed by atoms with Gasteiger partial charge in [0.2, 0.25) is 5.89 Å². The second kappa shape index (κ2) is 11.9. The summed E-state index contributed by atoms with van der Waals surface area (Å²) in [6, 6.07) is 63.5. The molecule has 56 heavy (non-hydrogen) atoms. The Balaban J connectivity index is 1.05. The third-order valence-corrected chi connectivity index (χ3v) is 11.1. The summed E-state index contributed by atoms with van der Waals surface area (Å²) in [5.41, 5.74) is 11.1. The molecule has 12 rings (SSSR count). The van der Waals surface area contributed by atoms with Crippen LogP contribution in [0.15, 0.2) is 195 Å². The average Bonchev–Trinajstić information content (AvgIpc) is 3.97. The molecule has 0 saturated carbocycles. The van der Waals surface area contributed by atoms with Gasteiger partial charge in [0.05, 0.1) is 11.1 Å². The molecule has 0 spiro atoms. The van der Waals surface area contributed by atoms with E-state index >= 15 is 0 Å². The molecule has 0 aliphatic rings. The molecule has 0 fully saturated rings. The molecule has 5 heteroatoms. The first-order valence-corrected chi connectivity index (χ1v) is 18.8. The summed E-state index contributed by atoms with van der Waals surface area (Å²) in [7, 11) is 0. The van der Waals surface area contributed by atoms with Gasteiger partial charge in [-0.15, -0.1) is 0 Å². The summed E-state index contributed by atoms with van der Waals surface area (Å²) >= 11 is 0. The van der Waals surface area contributed by atoms with Crippen molar-refractivity contribution in [2.45, 2.75) is 0 Å². The predicted octanol–water partition coefficient (Wildman–Crippen LogP) is 14.7. The van der Waals surface area contributed by atoms with Crippen LogP contribution in [0.2, 0.25) is 0 Å². The first-order valence-electron chi connectivity index (χ1n) is 18.8. The monoisotopic (exact) mass is 718 g/mol. The largest absolute Gasteiger partial charge is 0.456 e. The van der Waals surface area contributed by atoms with E-state index in [2.05, 4.69) is 126 Å². The van der Waals surface area contributed by atoms with Crippen molar-refractivity contribution in [3.63, 3.8) is 0 Å². The van der Waals surface area contributed by atoms with Gasteiger partial charge in [0.25, 0.3) is 0 Å². The molecule has 0 aliphatic carbocycles. The van der Waals surface area contributed by atoms with Crippen LogP contribution >= 0.6 is 0 Å². The Bertz CT molecular complexity index is 3480. The minimum atomic E-state index is 0.573. The molecule has 0 N–H and O–H groups in total. The quantitative estimate of drug-likeness (QED) is 0.177. The highest BCUT2D eigenvalue weighted by atomic mass is 16.4. The summed E-state index contributed by atoms with van der Waals surface area (Å²) < 4.78 is 19.3. The van der Waals surface area contributed by atoms with Crippen LogP contribution in [-0.2, 0) is 0 Å². The Hall–Kier alpha value is -7.63. The highest BCUT2D eigenvalue weighted by Gasteiger charge is 2.22. The molecule has 9 aromatic carbocycles. The minimum Gasteiger partial charge on any atom is -0.456 e. The van der Waals surface area contributed by atoms with Crippen molar-refractivity contribution in [2.24, 2.45) is 0 Å². The molecule has 3 heterocycles. The SMILES string of the molecule is c1ccc2c(-c3ccc4cc(N(c5ccc6c(c5)oc5cccc(-c7nc8ccccc8o7)c56)c5cccc6oc7ccccc7c56)ccc4c3)cccc2c1. The van der Waals surface area contributed by atoms with E-state index in [1.807, 2.05) is 60.7 Å². The van der Waals surface area contributed by atoms with Crippen molar-refractivity contribution in [1.82, 2.24) is 4.98 Å². The van der Waals surface area contributed by atoms with E-state index in [9.17, 15) is 0 Å². The van der Waals surface area contributed by atoms with Crippen LogP contribution in [0.3, 0.4) is 0 Å². The zero-order valence-electron chi connectivity index (χ0n) is 29.9. The molecule has 0 radical (unpaired) electrons. The van der Waals surface area contributed by atoms with Crippen molar-refractivity contribution in [2.75, 3.05) is 4.90 Å². The normalized spacial score (nSPS) is 11.9. The molecule has 0 amide bonds. The van der Waals surface area contributed by atoms with Crippen LogP contribution in [0.1, 0.15) is 0 Å². The maximum atomic E-state index is 6.64. The zero-order chi connectivity index (χ0) is 36.7. The molecule has 5 nitrogen and oxygen atoms in total. The fraction of sp³-hybridized carbons (Fsp3) is 0. The second-order valence-electron chi connectivity index (χ2n) is 14.3. The topological polar surface area (TPSA) is 55.6 Å². The third kappa shape index (κ3) is 4.71. The summed E-state index contributed by atoms with van der Waals surface area (Å²) in [6.45, 7) is 0. The van der Waals surface area contributed by atoms with E-state index in [1.165, 1.54) is 27.3 Å². The lowest BCUT2D eigenvalue weighted by atomic mass is 9.96. The fourth-order valence-electron chi connectivity index (χ4n) is 8.51. The van der Waals surface area contributed by atoms with Gasteiger partial charge in [-0.05, 0) is 105 Å². The van der Waals surface area contributed by atoms with Crippen LogP contribution in [0.4, 0.5) is 17.1 Å². The van der Waals surface area contributed by atoms with Gasteiger partial charge in [0, 0.05) is 39.2 Å². The number of aromatic nitrogens is 1. The smallest absolute Gasteiger partial charge is 0.228 e.